The van der Waals surface area contributed by atoms with Crippen molar-refractivity contribution in [3.05, 3.63) is 63.4 Å². The summed E-state index contributed by atoms with van der Waals surface area (Å²) in [4.78, 5) is 27.3. The van der Waals surface area contributed by atoms with E-state index in [0.29, 0.717) is 0 Å². The van der Waals surface area contributed by atoms with Gasteiger partial charge in [-0.15, -0.1) is 0 Å². The molecule has 2 unspecified atom stereocenters. The van der Waals surface area contributed by atoms with Crippen molar-refractivity contribution in [1.29, 1.82) is 0 Å². The van der Waals surface area contributed by atoms with Gasteiger partial charge in [0.05, 0.1) is 33.7 Å². The SMILES string of the molecule is O=C(O)C[C@H](c1cc(Cl)c(Cl)cc1C1CC1([C@H](CC(=O)O)c1ccccn1)C(F)(F)F)C1(C(F)(F)F)CC1. The molecule has 2 saturated carbocycles. The highest BCUT2D eigenvalue weighted by atomic mass is 35.5. The third-order valence-electron chi connectivity index (χ3n) is 7.85. The molecule has 13 heteroatoms. The van der Waals surface area contributed by atoms with E-state index in [9.17, 15) is 46.1 Å². The van der Waals surface area contributed by atoms with E-state index < -0.39 is 85.0 Å². The average molecular weight is 584 g/mol. The predicted molar refractivity (Wildman–Crippen MR) is 124 cm³/mol. The topological polar surface area (TPSA) is 87.5 Å². The summed E-state index contributed by atoms with van der Waals surface area (Å²) in [6.45, 7) is 0. The Kier molecular flexibility index (Phi) is 7.18. The number of alkyl halides is 6. The Morgan fingerprint density at radius 1 is 0.947 bits per heavy atom. The van der Waals surface area contributed by atoms with Crippen molar-refractivity contribution in [3.8, 4) is 0 Å². The number of pyridine rings is 1. The standard InChI is InChI=1S/C25H21Cl2F6NO4/c26-17-7-12(14(9-20(35)36)22(4-5-22)24(28,29)30)13(8-18(17)27)16-11-23(16,25(31,32)33)15(10-21(37)38)19-3-1-2-6-34-19/h1-3,6-8,14-16H,4-5,9-11H2,(H,35,36)(H,37,38)/t14-,15-,16?,23?/m1/s1. The van der Waals surface area contributed by atoms with Gasteiger partial charge in [0.2, 0.25) is 0 Å². The second-order valence-corrected chi connectivity index (χ2v) is 10.7. The van der Waals surface area contributed by atoms with Crippen LogP contribution in [-0.2, 0) is 9.59 Å². The first kappa shape index (κ1) is 28.5. The van der Waals surface area contributed by atoms with Gasteiger partial charge in [0, 0.05) is 29.6 Å². The zero-order valence-corrected chi connectivity index (χ0v) is 20.9. The van der Waals surface area contributed by atoms with Gasteiger partial charge in [-0.25, -0.2) is 0 Å². The molecule has 1 aromatic heterocycles. The van der Waals surface area contributed by atoms with E-state index in [-0.39, 0.29) is 26.9 Å². The van der Waals surface area contributed by atoms with E-state index in [1.54, 1.807) is 0 Å². The van der Waals surface area contributed by atoms with Crippen LogP contribution in [0, 0.1) is 10.8 Å². The summed E-state index contributed by atoms with van der Waals surface area (Å²) in [5.41, 5.74) is -5.75. The first-order valence-corrected chi connectivity index (χ1v) is 12.3. The molecule has 2 N–H and O–H groups in total. The molecular formula is C25H21Cl2F6NO4. The Hall–Kier alpha value is -2.53. The molecule has 2 fully saturated rings. The Morgan fingerprint density at radius 3 is 2.00 bits per heavy atom. The average Bonchev–Trinajstić information content (AvgIpc) is 3.70. The molecule has 0 spiro atoms. The minimum absolute atomic E-state index is 0.132. The summed E-state index contributed by atoms with van der Waals surface area (Å²) in [6.07, 6.45) is -11.9. The fourth-order valence-corrected chi connectivity index (χ4v) is 6.14. The number of carboxylic acid groups (broad SMARTS) is 2. The van der Waals surface area contributed by atoms with E-state index in [4.69, 9.17) is 23.2 Å². The Bertz CT molecular complexity index is 1250. The van der Waals surface area contributed by atoms with Crippen LogP contribution in [0.1, 0.15) is 66.7 Å². The smallest absolute Gasteiger partial charge is 0.395 e. The van der Waals surface area contributed by atoms with Crippen molar-refractivity contribution in [2.45, 2.75) is 62.2 Å². The number of halogens is 8. The molecule has 0 saturated heterocycles. The zero-order valence-electron chi connectivity index (χ0n) is 19.4. The highest BCUT2D eigenvalue weighted by Crippen LogP contribution is 2.75. The van der Waals surface area contributed by atoms with Crippen LogP contribution in [0.3, 0.4) is 0 Å². The van der Waals surface area contributed by atoms with Crippen molar-refractivity contribution in [2.24, 2.45) is 10.8 Å². The van der Waals surface area contributed by atoms with Crippen LogP contribution in [0.2, 0.25) is 10.0 Å². The van der Waals surface area contributed by atoms with Crippen molar-refractivity contribution in [2.75, 3.05) is 0 Å². The number of rotatable bonds is 9. The number of hydrogen-bond acceptors (Lipinski definition) is 3. The van der Waals surface area contributed by atoms with Crippen LogP contribution in [0.4, 0.5) is 26.3 Å². The maximum absolute atomic E-state index is 14.8. The maximum Gasteiger partial charge on any atom is 0.395 e. The fourth-order valence-electron chi connectivity index (χ4n) is 5.79. The lowest BCUT2D eigenvalue weighted by Crippen LogP contribution is -2.35. The van der Waals surface area contributed by atoms with Crippen molar-refractivity contribution in [1.82, 2.24) is 4.98 Å². The molecule has 2 aliphatic carbocycles. The predicted octanol–water partition coefficient (Wildman–Crippen LogP) is 7.58. The largest absolute Gasteiger partial charge is 0.481 e. The molecule has 0 amide bonds. The van der Waals surface area contributed by atoms with Gasteiger partial charge >= 0.3 is 24.3 Å². The normalized spacial score (nSPS) is 23.9. The van der Waals surface area contributed by atoms with Gasteiger partial charge in [0.15, 0.2) is 0 Å². The van der Waals surface area contributed by atoms with Crippen molar-refractivity contribution >= 4 is 35.1 Å². The van der Waals surface area contributed by atoms with E-state index in [2.05, 4.69) is 4.98 Å². The minimum atomic E-state index is -4.98. The minimum Gasteiger partial charge on any atom is -0.481 e. The fraction of sp³-hybridized carbons (Fsp3) is 0.480. The molecule has 0 radical (unpaired) electrons. The quantitative estimate of drug-likeness (QED) is 0.297. The number of nitrogens with zero attached hydrogens (tertiary/aromatic N) is 1. The molecule has 1 heterocycles. The van der Waals surface area contributed by atoms with Gasteiger partial charge in [-0.05, 0) is 54.7 Å². The maximum atomic E-state index is 14.8. The van der Waals surface area contributed by atoms with Gasteiger partial charge in [0.25, 0.3) is 0 Å². The third kappa shape index (κ3) is 4.83. The molecule has 4 atom stereocenters. The lowest BCUT2D eigenvalue weighted by Gasteiger charge is -2.33. The van der Waals surface area contributed by atoms with Gasteiger partial charge < -0.3 is 10.2 Å². The molecule has 0 bridgehead atoms. The molecule has 1 aromatic carbocycles. The molecule has 38 heavy (non-hydrogen) atoms. The molecular weight excluding hydrogens is 563 g/mol. The second kappa shape index (κ2) is 9.59. The number of benzene rings is 1. The van der Waals surface area contributed by atoms with Crippen molar-refractivity contribution < 1.29 is 46.1 Å². The van der Waals surface area contributed by atoms with Gasteiger partial charge in [0.1, 0.15) is 0 Å². The Morgan fingerprint density at radius 2 is 1.53 bits per heavy atom. The molecule has 2 aromatic rings. The summed E-state index contributed by atoms with van der Waals surface area (Å²) in [5, 5.41) is 18.5. The summed E-state index contributed by atoms with van der Waals surface area (Å²) < 4.78 is 86.9. The highest BCUT2D eigenvalue weighted by molar-refractivity contribution is 6.42. The number of aliphatic carboxylic acids is 2. The van der Waals surface area contributed by atoms with Gasteiger partial charge in [-0.3, -0.25) is 14.6 Å². The van der Waals surface area contributed by atoms with Crippen LogP contribution in [0.5, 0.6) is 0 Å². The molecule has 5 nitrogen and oxygen atoms in total. The second-order valence-electron chi connectivity index (χ2n) is 9.90. The molecule has 4 rings (SSSR count). The third-order valence-corrected chi connectivity index (χ3v) is 8.57. The molecule has 2 aliphatic rings. The lowest BCUT2D eigenvalue weighted by atomic mass is 9.75. The number of aromatic nitrogens is 1. The van der Waals surface area contributed by atoms with Gasteiger partial charge in [-0.1, -0.05) is 29.3 Å². The summed E-state index contributed by atoms with van der Waals surface area (Å²) in [5.74, 6) is -7.95. The first-order valence-electron chi connectivity index (χ1n) is 11.5. The van der Waals surface area contributed by atoms with Crippen LogP contribution < -0.4 is 0 Å². The Balaban J connectivity index is 1.91. The van der Waals surface area contributed by atoms with Crippen LogP contribution in [0.15, 0.2) is 36.5 Å². The van der Waals surface area contributed by atoms with Crippen LogP contribution in [-0.4, -0.2) is 39.5 Å². The summed E-state index contributed by atoms with van der Waals surface area (Å²) >= 11 is 12.2. The Labute approximate surface area is 222 Å². The monoisotopic (exact) mass is 583 g/mol. The van der Waals surface area contributed by atoms with E-state index in [0.717, 1.165) is 12.1 Å². The van der Waals surface area contributed by atoms with E-state index in [1.807, 2.05) is 0 Å². The highest BCUT2D eigenvalue weighted by Gasteiger charge is 2.75. The number of carbonyl (C=O) groups is 2. The summed E-state index contributed by atoms with van der Waals surface area (Å²) in [7, 11) is 0. The van der Waals surface area contributed by atoms with Crippen LogP contribution in [0.25, 0.3) is 0 Å². The molecule has 206 valence electrons. The van der Waals surface area contributed by atoms with Gasteiger partial charge in [-0.2, -0.15) is 26.3 Å². The van der Waals surface area contributed by atoms with E-state index >= 15 is 0 Å². The van der Waals surface area contributed by atoms with E-state index in [1.165, 1.54) is 24.4 Å². The van der Waals surface area contributed by atoms with Crippen LogP contribution >= 0.6 is 23.2 Å². The molecule has 0 aliphatic heterocycles. The number of hydrogen-bond donors (Lipinski definition) is 2. The van der Waals surface area contributed by atoms with Crippen molar-refractivity contribution in [3.63, 3.8) is 0 Å². The zero-order chi connectivity index (χ0) is 28.3. The summed E-state index contributed by atoms with van der Waals surface area (Å²) in [6, 6.07) is 6.19. The number of carboxylic acids is 2. The first-order chi connectivity index (χ1) is 17.5. The lowest BCUT2D eigenvalue weighted by molar-refractivity contribution is -0.199.